The van der Waals surface area contributed by atoms with E-state index in [1.807, 2.05) is 0 Å². The molecule has 1 aliphatic carbocycles. The summed E-state index contributed by atoms with van der Waals surface area (Å²) in [6.07, 6.45) is 2.45. The predicted octanol–water partition coefficient (Wildman–Crippen LogP) is 1.57. The maximum atomic E-state index is 12.1. The van der Waals surface area contributed by atoms with Crippen molar-refractivity contribution < 1.29 is 14.6 Å². The molecule has 106 valence electrons. The van der Waals surface area contributed by atoms with Crippen LogP contribution in [0.5, 0.6) is 0 Å². The Morgan fingerprint density at radius 1 is 1.50 bits per heavy atom. The van der Waals surface area contributed by atoms with Gasteiger partial charge >= 0.3 is 0 Å². The van der Waals surface area contributed by atoms with Crippen molar-refractivity contribution in [3.63, 3.8) is 0 Å². The Morgan fingerprint density at radius 2 is 2.17 bits per heavy atom. The summed E-state index contributed by atoms with van der Waals surface area (Å²) in [7, 11) is 1.54. The van der Waals surface area contributed by atoms with Gasteiger partial charge in [-0.1, -0.05) is 20.8 Å². The third kappa shape index (κ3) is 4.94. The summed E-state index contributed by atoms with van der Waals surface area (Å²) in [5, 5.41) is 12.3. The highest BCUT2D eigenvalue weighted by molar-refractivity contribution is 5.78. The summed E-state index contributed by atoms with van der Waals surface area (Å²) in [4.78, 5) is 12.1. The lowest BCUT2D eigenvalue weighted by Gasteiger charge is -2.38. The minimum absolute atomic E-state index is 0.0739. The van der Waals surface area contributed by atoms with E-state index in [0.29, 0.717) is 5.92 Å². The summed E-state index contributed by atoms with van der Waals surface area (Å²) >= 11 is 0. The molecule has 1 aliphatic rings. The van der Waals surface area contributed by atoms with Crippen LogP contribution in [0.1, 0.15) is 40.0 Å². The van der Waals surface area contributed by atoms with Gasteiger partial charge in [-0.25, -0.2) is 0 Å². The molecule has 0 radical (unpaired) electrons. The van der Waals surface area contributed by atoms with Gasteiger partial charge in [-0.15, -0.1) is 0 Å². The van der Waals surface area contributed by atoms with Crippen molar-refractivity contribution in [3.8, 4) is 0 Å². The monoisotopic (exact) mass is 257 g/mol. The minimum atomic E-state index is -0.618. The van der Waals surface area contributed by atoms with Gasteiger partial charge in [0.25, 0.3) is 0 Å². The molecule has 0 bridgehead atoms. The second-order valence-electron chi connectivity index (χ2n) is 6.46. The molecule has 4 nitrogen and oxygen atoms in total. The Balaban J connectivity index is 2.41. The van der Waals surface area contributed by atoms with Crippen molar-refractivity contribution in [1.29, 1.82) is 0 Å². The van der Waals surface area contributed by atoms with Crippen LogP contribution < -0.4 is 5.32 Å². The molecule has 4 heteroatoms. The van der Waals surface area contributed by atoms with Crippen LogP contribution in [0, 0.1) is 17.3 Å². The van der Waals surface area contributed by atoms with E-state index in [2.05, 4.69) is 26.1 Å². The molecule has 0 spiro atoms. The maximum absolute atomic E-state index is 12.1. The van der Waals surface area contributed by atoms with Gasteiger partial charge in [-0.2, -0.15) is 0 Å². The lowest BCUT2D eigenvalue weighted by molar-refractivity contribution is -0.128. The van der Waals surface area contributed by atoms with Crippen molar-refractivity contribution in [2.24, 2.45) is 17.3 Å². The molecule has 0 aromatic rings. The Bertz CT molecular complexity index is 278. The fraction of sp³-hybridized carbons (Fsp3) is 0.929. The summed E-state index contributed by atoms with van der Waals surface area (Å²) < 4.78 is 4.83. The third-order valence-corrected chi connectivity index (χ3v) is 3.63. The van der Waals surface area contributed by atoms with Crippen LogP contribution >= 0.6 is 0 Å². The average molecular weight is 257 g/mol. The average Bonchev–Trinajstić information content (AvgIpc) is 2.23. The molecule has 0 aromatic heterocycles. The number of hydrogen-bond acceptors (Lipinski definition) is 3. The van der Waals surface area contributed by atoms with Crippen molar-refractivity contribution in [2.75, 3.05) is 20.3 Å². The van der Waals surface area contributed by atoms with Crippen molar-refractivity contribution >= 4 is 5.91 Å². The van der Waals surface area contributed by atoms with Gasteiger partial charge in [-0.3, -0.25) is 4.79 Å². The molecule has 0 heterocycles. The molecule has 1 fully saturated rings. The van der Waals surface area contributed by atoms with Gasteiger partial charge in [-0.05, 0) is 30.6 Å². The summed E-state index contributed by atoms with van der Waals surface area (Å²) in [6.45, 7) is 7.19. The van der Waals surface area contributed by atoms with Crippen molar-refractivity contribution in [2.45, 2.75) is 46.1 Å². The van der Waals surface area contributed by atoms with Crippen LogP contribution in [-0.2, 0) is 9.53 Å². The van der Waals surface area contributed by atoms with E-state index in [-0.39, 0.29) is 30.4 Å². The first-order valence-corrected chi connectivity index (χ1v) is 6.79. The predicted molar refractivity (Wildman–Crippen MR) is 71.2 cm³/mol. The second kappa shape index (κ2) is 6.53. The van der Waals surface area contributed by atoms with Crippen LogP contribution in [-0.4, -0.2) is 37.4 Å². The normalized spacial score (nSPS) is 28.7. The molecule has 3 atom stereocenters. The van der Waals surface area contributed by atoms with Crippen molar-refractivity contribution in [1.82, 2.24) is 5.32 Å². The summed E-state index contributed by atoms with van der Waals surface area (Å²) in [5.74, 6) is 0.747. The molecular weight excluding hydrogens is 230 g/mol. The van der Waals surface area contributed by atoms with Crippen LogP contribution in [0.15, 0.2) is 0 Å². The number of hydrogen-bond donors (Lipinski definition) is 2. The number of amides is 1. The quantitative estimate of drug-likeness (QED) is 0.786. The number of aliphatic hydroxyl groups is 1. The van der Waals surface area contributed by atoms with E-state index in [4.69, 9.17) is 4.74 Å². The Kier molecular flexibility index (Phi) is 5.60. The zero-order valence-corrected chi connectivity index (χ0v) is 12.0. The highest BCUT2D eigenvalue weighted by Gasteiger charge is 2.35. The number of methoxy groups -OCH3 is 1. The molecule has 1 rings (SSSR count). The zero-order valence-electron chi connectivity index (χ0n) is 12.0. The van der Waals surface area contributed by atoms with E-state index in [0.717, 1.165) is 12.8 Å². The van der Waals surface area contributed by atoms with E-state index in [1.165, 1.54) is 13.5 Å². The van der Waals surface area contributed by atoms with Crippen LogP contribution in [0.25, 0.3) is 0 Å². The summed E-state index contributed by atoms with van der Waals surface area (Å²) in [5.41, 5.74) is 0.241. The fourth-order valence-electron chi connectivity index (χ4n) is 3.16. The number of aliphatic hydroxyl groups excluding tert-OH is 1. The highest BCUT2D eigenvalue weighted by Crippen LogP contribution is 2.41. The fourth-order valence-corrected chi connectivity index (χ4v) is 3.16. The SMILES string of the molecule is COCC(O)CNC(=O)C1CC(C)CC(C)(C)C1. The molecule has 1 saturated carbocycles. The standard InChI is InChI=1S/C14H27NO3/c1-10-5-11(7-14(2,3)6-10)13(17)15-8-12(16)9-18-4/h10-12,16H,5-9H2,1-4H3,(H,15,17). The zero-order chi connectivity index (χ0) is 13.8. The molecular formula is C14H27NO3. The van der Waals surface area contributed by atoms with E-state index in [1.54, 1.807) is 0 Å². The van der Waals surface area contributed by atoms with Crippen LogP contribution in [0.2, 0.25) is 0 Å². The first kappa shape index (κ1) is 15.4. The topological polar surface area (TPSA) is 58.6 Å². The molecule has 2 N–H and O–H groups in total. The van der Waals surface area contributed by atoms with Gasteiger partial charge < -0.3 is 15.2 Å². The van der Waals surface area contributed by atoms with Gasteiger partial charge in [0.1, 0.15) is 0 Å². The number of rotatable bonds is 5. The third-order valence-electron chi connectivity index (χ3n) is 3.63. The van der Waals surface area contributed by atoms with Crippen molar-refractivity contribution in [3.05, 3.63) is 0 Å². The molecule has 0 saturated heterocycles. The number of carbonyl (C=O) groups is 1. The maximum Gasteiger partial charge on any atom is 0.223 e. The van der Waals surface area contributed by atoms with E-state index < -0.39 is 6.10 Å². The summed E-state index contributed by atoms with van der Waals surface area (Å²) in [6, 6.07) is 0. The Morgan fingerprint density at radius 3 is 2.72 bits per heavy atom. The number of carbonyl (C=O) groups excluding carboxylic acids is 1. The minimum Gasteiger partial charge on any atom is -0.389 e. The van der Waals surface area contributed by atoms with Gasteiger partial charge in [0.05, 0.1) is 12.7 Å². The van der Waals surface area contributed by atoms with Gasteiger partial charge in [0, 0.05) is 19.6 Å². The smallest absolute Gasteiger partial charge is 0.223 e. The number of nitrogens with one attached hydrogen (secondary N) is 1. The van der Waals surface area contributed by atoms with Crippen LogP contribution in [0.4, 0.5) is 0 Å². The molecule has 18 heavy (non-hydrogen) atoms. The van der Waals surface area contributed by atoms with Gasteiger partial charge in [0.15, 0.2) is 0 Å². The largest absolute Gasteiger partial charge is 0.389 e. The first-order chi connectivity index (χ1) is 8.34. The Labute approximate surface area is 110 Å². The number of ether oxygens (including phenoxy) is 1. The Hall–Kier alpha value is -0.610. The lowest BCUT2D eigenvalue weighted by atomic mass is 9.68. The molecule has 0 aromatic carbocycles. The van der Waals surface area contributed by atoms with Gasteiger partial charge in [0.2, 0.25) is 5.91 Å². The molecule has 3 unspecified atom stereocenters. The van der Waals surface area contributed by atoms with Crippen LogP contribution in [0.3, 0.4) is 0 Å². The lowest BCUT2D eigenvalue weighted by Crippen LogP contribution is -2.41. The second-order valence-corrected chi connectivity index (χ2v) is 6.46. The highest BCUT2D eigenvalue weighted by atomic mass is 16.5. The molecule has 0 aliphatic heterocycles. The van der Waals surface area contributed by atoms with E-state index in [9.17, 15) is 9.90 Å². The van der Waals surface area contributed by atoms with E-state index >= 15 is 0 Å². The molecule has 1 amide bonds. The first-order valence-electron chi connectivity index (χ1n) is 6.79.